The van der Waals surface area contributed by atoms with Gasteiger partial charge in [-0.3, -0.25) is 4.79 Å². The first-order chi connectivity index (χ1) is 10.5. The highest BCUT2D eigenvalue weighted by molar-refractivity contribution is 5.82. The van der Waals surface area contributed by atoms with Crippen LogP contribution in [-0.4, -0.2) is 15.0 Å². The molecular formula is C16H18N4O2. The van der Waals surface area contributed by atoms with Crippen LogP contribution < -0.4 is 11.3 Å². The van der Waals surface area contributed by atoms with Crippen molar-refractivity contribution in [1.29, 1.82) is 0 Å². The maximum Gasteiger partial charge on any atom is 0.258 e. The van der Waals surface area contributed by atoms with Crippen LogP contribution in [0.15, 0.2) is 40.0 Å². The summed E-state index contributed by atoms with van der Waals surface area (Å²) >= 11 is 0. The van der Waals surface area contributed by atoms with E-state index < -0.39 is 0 Å². The molecular weight excluding hydrogens is 280 g/mol. The largest absolute Gasteiger partial charge is 0.444 e. The summed E-state index contributed by atoms with van der Waals surface area (Å²) < 4.78 is 5.25. The fourth-order valence-electron chi connectivity index (χ4n) is 2.46. The van der Waals surface area contributed by atoms with Gasteiger partial charge in [-0.2, -0.15) is 0 Å². The number of nitrogens with one attached hydrogen (secondary N) is 1. The number of hydrogen-bond donors (Lipinski definition) is 2. The molecule has 0 spiro atoms. The highest BCUT2D eigenvalue weighted by Crippen LogP contribution is 2.22. The van der Waals surface area contributed by atoms with Crippen molar-refractivity contribution >= 4 is 10.9 Å². The number of aromatic nitrogens is 3. The van der Waals surface area contributed by atoms with Crippen molar-refractivity contribution in [2.75, 3.05) is 0 Å². The van der Waals surface area contributed by atoms with Gasteiger partial charge in [0, 0.05) is 5.56 Å². The van der Waals surface area contributed by atoms with Crippen molar-refractivity contribution in [3.05, 3.63) is 47.0 Å². The fraction of sp³-hybridized carbons (Fsp3) is 0.312. The van der Waals surface area contributed by atoms with Crippen LogP contribution >= 0.6 is 0 Å². The molecule has 6 nitrogen and oxygen atoms in total. The Morgan fingerprint density at radius 1 is 1.36 bits per heavy atom. The molecule has 6 heteroatoms. The molecule has 3 aromatic rings. The molecule has 0 aliphatic rings. The van der Waals surface area contributed by atoms with Gasteiger partial charge in [0.25, 0.3) is 5.56 Å². The van der Waals surface area contributed by atoms with Gasteiger partial charge in [-0.05, 0) is 30.5 Å². The fourth-order valence-corrected chi connectivity index (χ4v) is 2.46. The molecule has 0 fully saturated rings. The smallest absolute Gasteiger partial charge is 0.258 e. The number of aromatic amines is 1. The molecule has 0 saturated heterocycles. The topological polar surface area (TPSA) is 97.8 Å². The second-order valence-corrected chi connectivity index (χ2v) is 5.78. The quantitative estimate of drug-likeness (QED) is 0.771. The van der Waals surface area contributed by atoms with E-state index in [1.165, 1.54) is 6.39 Å². The number of oxazole rings is 1. The maximum absolute atomic E-state index is 12.3. The van der Waals surface area contributed by atoms with Gasteiger partial charge in [0.15, 0.2) is 12.2 Å². The van der Waals surface area contributed by atoms with Crippen molar-refractivity contribution in [1.82, 2.24) is 15.0 Å². The Morgan fingerprint density at radius 3 is 2.86 bits per heavy atom. The minimum absolute atomic E-state index is 0.194. The van der Waals surface area contributed by atoms with Crippen LogP contribution in [0.2, 0.25) is 0 Å². The van der Waals surface area contributed by atoms with Crippen LogP contribution in [0.3, 0.4) is 0 Å². The molecule has 0 aliphatic heterocycles. The molecule has 1 atom stereocenters. The SMILES string of the molecule is CC(C)CC(N)c1nc2ccc(-c3cnco3)cc2c(=O)[nH]1. The normalized spacial score (nSPS) is 12.9. The zero-order valence-corrected chi connectivity index (χ0v) is 12.5. The van der Waals surface area contributed by atoms with Crippen molar-refractivity contribution in [2.45, 2.75) is 26.3 Å². The lowest BCUT2D eigenvalue weighted by atomic mass is 10.0. The van der Waals surface area contributed by atoms with Crippen LogP contribution in [0.4, 0.5) is 0 Å². The molecule has 2 heterocycles. The predicted molar refractivity (Wildman–Crippen MR) is 84.2 cm³/mol. The Balaban J connectivity index is 2.05. The third kappa shape index (κ3) is 2.78. The number of nitrogens with two attached hydrogens (primary N) is 1. The third-order valence-electron chi connectivity index (χ3n) is 3.52. The number of hydrogen-bond acceptors (Lipinski definition) is 5. The predicted octanol–water partition coefficient (Wildman–Crippen LogP) is 2.62. The molecule has 3 N–H and O–H groups in total. The number of H-pyrrole nitrogens is 1. The molecule has 1 aromatic carbocycles. The Hall–Kier alpha value is -2.47. The maximum atomic E-state index is 12.3. The van der Waals surface area contributed by atoms with Gasteiger partial charge in [-0.25, -0.2) is 9.97 Å². The highest BCUT2D eigenvalue weighted by Gasteiger charge is 2.13. The van der Waals surface area contributed by atoms with Gasteiger partial charge in [0.1, 0.15) is 5.82 Å². The summed E-state index contributed by atoms with van der Waals surface area (Å²) in [4.78, 5) is 23.5. The summed E-state index contributed by atoms with van der Waals surface area (Å²) in [7, 11) is 0. The number of rotatable bonds is 4. The molecule has 0 aliphatic carbocycles. The molecule has 3 rings (SSSR count). The molecule has 0 radical (unpaired) electrons. The van der Waals surface area contributed by atoms with Crippen LogP contribution in [-0.2, 0) is 0 Å². The minimum atomic E-state index is -0.272. The lowest BCUT2D eigenvalue weighted by Gasteiger charge is -2.13. The zero-order valence-electron chi connectivity index (χ0n) is 12.5. The van der Waals surface area contributed by atoms with Crippen molar-refractivity contribution in [2.24, 2.45) is 11.7 Å². The number of nitrogens with zero attached hydrogens (tertiary/aromatic N) is 2. The van der Waals surface area contributed by atoms with Crippen LogP contribution in [0.25, 0.3) is 22.2 Å². The van der Waals surface area contributed by atoms with E-state index in [0.29, 0.717) is 28.4 Å². The average Bonchev–Trinajstić information content (AvgIpc) is 3.00. The molecule has 2 aromatic heterocycles. The zero-order chi connectivity index (χ0) is 15.7. The third-order valence-corrected chi connectivity index (χ3v) is 3.52. The summed E-state index contributed by atoms with van der Waals surface area (Å²) in [6, 6.07) is 5.13. The van der Waals surface area contributed by atoms with Gasteiger partial charge in [0.05, 0.1) is 23.1 Å². The Morgan fingerprint density at radius 2 is 2.18 bits per heavy atom. The lowest BCUT2D eigenvalue weighted by Crippen LogP contribution is -2.21. The van der Waals surface area contributed by atoms with Crippen molar-refractivity contribution in [3.63, 3.8) is 0 Å². The van der Waals surface area contributed by atoms with Gasteiger partial charge in [-0.15, -0.1) is 0 Å². The summed E-state index contributed by atoms with van der Waals surface area (Å²) in [5, 5.41) is 0.509. The number of benzene rings is 1. The first-order valence-corrected chi connectivity index (χ1v) is 7.23. The summed E-state index contributed by atoms with van der Waals surface area (Å²) in [5.41, 5.74) is 7.33. The van der Waals surface area contributed by atoms with E-state index in [2.05, 4.69) is 28.8 Å². The van der Waals surface area contributed by atoms with E-state index in [4.69, 9.17) is 10.2 Å². The molecule has 22 heavy (non-hydrogen) atoms. The van der Waals surface area contributed by atoms with Gasteiger partial charge in [-0.1, -0.05) is 13.8 Å². The summed E-state index contributed by atoms with van der Waals surface area (Å²) in [6.07, 6.45) is 3.73. The molecule has 0 saturated carbocycles. The number of fused-ring (bicyclic) bond motifs is 1. The van der Waals surface area contributed by atoms with E-state index in [1.807, 2.05) is 6.07 Å². The first-order valence-electron chi connectivity index (χ1n) is 7.23. The van der Waals surface area contributed by atoms with Crippen LogP contribution in [0.5, 0.6) is 0 Å². The van der Waals surface area contributed by atoms with E-state index in [9.17, 15) is 4.79 Å². The first kappa shape index (κ1) is 14.5. The monoisotopic (exact) mass is 298 g/mol. The lowest BCUT2D eigenvalue weighted by molar-refractivity contribution is 0.493. The van der Waals surface area contributed by atoms with Crippen molar-refractivity contribution < 1.29 is 4.42 Å². The van der Waals surface area contributed by atoms with E-state index >= 15 is 0 Å². The highest BCUT2D eigenvalue weighted by atomic mass is 16.3. The Kier molecular flexibility index (Phi) is 3.77. The van der Waals surface area contributed by atoms with E-state index in [1.54, 1.807) is 18.3 Å². The molecule has 1 unspecified atom stereocenters. The van der Waals surface area contributed by atoms with E-state index in [-0.39, 0.29) is 11.6 Å². The summed E-state index contributed by atoms with van der Waals surface area (Å²) in [6.45, 7) is 4.17. The van der Waals surface area contributed by atoms with Crippen LogP contribution in [0, 0.1) is 5.92 Å². The van der Waals surface area contributed by atoms with Crippen molar-refractivity contribution in [3.8, 4) is 11.3 Å². The second kappa shape index (κ2) is 5.73. The Bertz CT molecular complexity index is 837. The average molecular weight is 298 g/mol. The molecule has 0 bridgehead atoms. The molecule has 0 amide bonds. The Labute approximate surface area is 127 Å². The van der Waals surface area contributed by atoms with E-state index in [0.717, 1.165) is 12.0 Å². The standard InChI is InChI=1S/C16H18N4O2/c1-9(2)5-12(17)15-19-13-4-3-10(14-7-18-8-22-14)6-11(13)16(21)20-15/h3-4,6-9,12H,5,17H2,1-2H3,(H,19,20,21). The summed E-state index contributed by atoms with van der Waals surface area (Å²) in [5.74, 6) is 1.57. The minimum Gasteiger partial charge on any atom is -0.444 e. The van der Waals surface area contributed by atoms with Gasteiger partial charge >= 0.3 is 0 Å². The van der Waals surface area contributed by atoms with Gasteiger partial charge < -0.3 is 15.1 Å². The van der Waals surface area contributed by atoms with Crippen LogP contribution in [0.1, 0.15) is 32.1 Å². The second-order valence-electron chi connectivity index (χ2n) is 5.78. The van der Waals surface area contributed by atoms with Gasteiger partial charge in [0.2, 0.25) is 0 Å². The molecule has 114 valence electrons.